The number of benzene rings is 1. The first kappa shape index (κ1) is 12.3. The second-order valence-electron chi connectivity index (χ2n) is 4.62. The van der Waals surface area contributed by atoms with Gasteiger partial charge in [-0.05, 0) is 37.6 Å². The average molecular weight is 230 g/mol. The molecule has 17 heavy (non-hydrogen) atoms. The number of rotatable bonds is 5. The van der Waals surface area contributed by atoms with Gasteiger partial charge in [0.05, 0.1) is 0 Å². The molecule has 1 aliphatic rings. The van der Waals surface area contributed by atoms with Crippen LogP contribution >= 0.6 is 0 Å². The van der Waals surface area contributed by atoms with E-state index in [0.717, 1.165) is 26.1 Å². The fraction of sp³-hybridized carbons (Fsp3) is 0.467. The van der Waals surface area contributed by atoms with E-state index in [1.165, 1.54) is 24.1 Å². The Labute approximate surface area is 104 Å². The lowest BCUT2D eigenvalue weighted by Crippen LogP contribution is -2.27. The summed E-state index contributed by atoms with van der Waals surface area (Å²) in [5, 5.41) is 3.22. The summed E-state index contributed by atoms with van der Waals surface area (Å²) >= 11 is 0. The molecular weight excluding hydrogens is 208 g/mol. The van der Waals surface area contributed by atoms with Crippen LogP contribution in [0.15, 0.2) is 36.4 Å². The molecule has 2 heteroatoms. The zero-order valence-electron chi connectivity index (χ0n) is 10.7. The molecule has 0 saturated carbocycles. The van der Waals surface area contributed by atoms with Crippen LogP contribution in [0.5, 0.6) is 0 Å². The summed E-state index contributed by atoms with van der Waals surface area (Å²) in [6.45, 7) is 4.43. The predicted molar refractivity (Wildman–Crippen MR) is 73.1 cm³/mol. The van der Waals surface area contributed by atoms with Crippen LogP contribution in [0.2, 0.25) is 0 Å². The molecular formula is C15H22N2. The maximum Gasteiger partial charge on any atom is 0.0239 e. The molecule has 0 spiro atoms. The molecule has 92 valence electrons. The topological polar surface area (TPSA) is 15.3 Å². The van der Waals surface area contributed by atoms with Gasteiger partial charge in [-0.25, -0.2) is 0 Å². The minimum Gasteiger partial charge on any atom is -0.319 e. The third kappa shape index (κ3) is 3.69. The van der Waals surface area contributed by atoms with E-state index in [0.29, 0.717) is 0 Å². The molecule has 1 aromatic rings. The molecule has 1 aliphatic heterocycles. The SMILES string of the molecule is CNCCc1ccccc1CN1CC=CCC1. The van der Waals surface area contributed by atoms with Gasteiger partial charge in [0, 0.05) is 19.6 Å². The number of nitrogens with one attached hydrogen (secondary N) is 1. The molecule has 2 nitrogen and oxygen atoms in total. The van der Waals surface area contributed by atoms with Crippen LogP contribution in [0, 0.1) is 0 Å². The summed E-state index contributed by atoms with van der Waals surface area (Å²) in [6.07, 6.45) is 6.87. The third-order valence-electron chi connectivity index (χ3n) is 3.30. The lowest BCUT2D eigenvalue weighted by Gasteiger charge is -2.24. The van der Waals surface area contributed by atoms with Gasteiger partial charge in [0.15, 0.2) is 0 Å². The van der Waals surface area contributed by atoms with Crippen LogP contribution in [0.25, 0.3) is 0 Å². The van der Waals surface area contributed by atoms with Crippen molar-refractivity contribution in [3.8, 4) is 0 Å². The van der Waals surface area contributed by atoms with Crippen LogP contribution in [-0.2, 0) is 13.0 Å². The Morgan fingerprint density at radius 3 is 2.71 bits per heavy atom. The summed E-state index contributed by atoms with van der Waals surface area (Å²) in [5.74, 6) is 0. The van der Waals surface area contributed by atoms with Crippen molar-refractivity contribution in [2.24, 2.45) is 0 Å². The molecule has 0 radical (unpaired) electrons. The summed E-state index contributed by atoms with van der Waals surface area (Å²) < 4.78 is 0. The van der Waals surface area contributed by atoms with Crippen molar-refractivity contribution >= 4 is 0 Å². The van der Waals surface area contributed by atoms with E-state index in [9.17, 15) is 0 Å². The molecule has 1 aromatic carbocycles. The van der Waals surface area contributed by atoms with Crippen molar-refractivity contribution in [2.45, 2.75) is 19.4 Å². The minimum atomic E-state index is 1.05. The highest BCUT2D eigenvalue weighted by molar-refractivity contribution is 5.27. The molecule has 0 bridgehead atoms. The second kappa shape index (κ2) is 6.58. The standard InChI is InChI=1S/C15H22N2/c1-16-10-9-14-7-3-4-8-15(14)13-17-11-5-2-6-12-17/h2-5,7-8,16H,6,9-13H2,1H3. The third-order valence-corrected chi connectivity index (χ3v) is 3.30. The van der Waals surface area contributed by atoms with Crippen LogP contribution in [-0.4, -0.2) is 31.6 Å². The fourth-order valence-corrected chi connectivity index (χ4v) is 2.29. The highest BCUT2D eigenvalue weighted by Crippen LogP contribution is 2.14. The van der Waals surface area contributed by atoms with Gasteiger partial charge in [0.25, 0.3) is 0 Å². The summed E-state index contributed by atoms with van der Waals surface area (Å²) in [5.41, 5.74) is 2.97. The number of nitrogens with zero attached hydrogens (tertiary/aromatic N) is 1. The largest absolute Gasteiger partial charge is 0.319 e. The Morgan fingerprint density at radius 2 is 2.00 bits per heavy atom. The van der Waals surface area contributed by atoms with Crippen molar-refractivity contribution in [2.75, 3.05) is 26.7 Å². The zero-order valence-corrected chi connectivity index (χ0v) is 10.7. The molecule has 0 atom stereocenters. The zero-order chi connectivity index (χ0) is 11.9. The highest BCUT2D eigenvalue weighted by atomic mass is 15.1. The first-order valence-electron chi connectivity index (χ1n) is 6.49. The average Bonchev–Trinajstić information content (AvgIpc) is 2.39. The fourth-order valence-electron chi connectivity index (χ4n) is 2.29. The van der Waals surface area contributed by atoms with Crippen molar-refractivity contribution in [1.29, 1.82) is 0 Å². The first-order valence-corrected chi connectivity index (χ1v) is 6.49. The Bertz CT molecular complexity index is 371. The molecule has 0 unspecified atom stereocenters. The van der Waals surface area contributed by atoms with Gasteiger partial charge in [0.2, 0.25) is 0 Å². The lowest BCUT2D eigenvalue weighted by atomic mass is 10.0. The van der Waals surface area contributed by atoms with Crippen LogP contribution in [0.3, 0.4) is 0 Å². The lowest BCUT2D eigenvalue weighted by molar-refractivity contribution is 0.290. The number of hydrogen-bond acceptors (Lipinski definition) is 2. The second-order valence-corrected chi connectivity index (χ2v) is 4.62. The normalized spacial score (nSPS) is 16.3. The van der Waals surface area contributed by atoms with E-state index >= 15 is 0 Å². The molecule has 0 amide bonds. The monoisotopic (exact) mass is 230 g/mol. The summed E-state index contributed by atoms with van der Waals surface area (Å²) in [7, 11) is 2.01. The molecule has 1 N–H and O–H groups in total. The Morgan fingerprint density at radius 1 is 1.18 bits per heavy atom. The van der Waals surface area contributed by atoms with Crippen LogP contribution in [0.4, 0.5) is 0 Å². The van der Waals surface area contributed by atoms with Gasteiger partial charge in [-0.3, -0.25) is 4.90 Å². The maximum atomic E-state index is 3.22. The maximum absolute atomic E-state index is 3.22. The van der Waals surface area contributed by atoms with Gasteiger partial charge in [-0.1, -0.05) is 36.4 Å². The first-order chi connectivity index (χ1) is 8.40. The van der Waals surface area contributed by atoms with Gasteiger partial charge in [-0.2, -0.15) is 0 Å². The Balaban J connectivity index is 2.00. The summed E-state index contributed by atoms with van der Waals surface area (Å²) in [4.78, 5) is 2.51. The van der Waals surface area contributed by atoms with Crippen molar-refractivity contribution < 1.29 is 0 Å². The van der Waals surface area contributed by atoms with Gasteiger partial charge in [0.1, 0.15) is 0 Å². The number of likely N-dealkylation sites (N-methyl/N-ethyl adjacent to an activating group) is 1. The van der Waals surface area contributed by atoms with Crippen LogP contribution in [0.1, 0.15) is 17.5 Å². The Hall–Kier alpha value is -1.12. The van der Waals surface area contributed by atoms with Gasteiger partial charge in [-0.15, -0.1) is 0 Å². The quantitative estimate of drug-likeness (QED) is 0.780. The Kier molecular flexibility index (Phi) is 4.77. The highest BCUT2D eigenvalue weighted by Gasteiger charge is 2.09. The molecule has 2 rings (SSSR count). The van der Waals surface area contributed by atoms with Gasteiger partial charge < -0.3 is 5.32 Å². The van der Waals surface area contributed by atoms with Gasteiger partial charge >= 0.3 is 0 Å². The minimum absolute atomic E-state index is 1.05. The van der Waals surface area contributed by atoms with Crippen LogP contribution < -0.4 is 5.32 Å². The predicted octanol–water partition coefficient (Wildman–Crippen LogP) is 2.21. The van der Waals surface area contributed by atoms with E-state index in [1.807, 2.05) is 7.05 Å². The van der Waals surface area contributed by atoms with Crippen molar-refractivity contribution in [3.05, 3.63) is 47.5 Å². The van der Waals surface area contributed by atoms with Crippen molar-refractivity contribution in [3.63, 3.8) is 0 Å². The molecule has 0 aromatic heterocycles. The summed E-state index contributed by atoms with van der Waals surface area (Å²) in [6, 6.07) is 8.82. The van der Waals surface area contributed by atoms with E-state index in [-0.39, 0.29) is 0 Å². The number of hydrogen-bond donors (Lipinski definition) is 1. The molecule has 1 heterocycles. The van der Waals surface area contributed by atoms with E-state index in [2.05, 4.69) is 46.6 Å². The smallest absolute Gasteiger partial charge is 0.0239 e. The molecule has 0 saturated heterocycles. The van der Waals surface area contributed by atoms with E-state index in [4.69, 9.17) is 0 Å². The van der Waals surface area contributed by atoms with E-state index in [1.54, 1.807) is 0 Å². The molecule has 0 fully saturated rings. The molecule has 0 aliphatic carbocycles. The van der Waals surface area contributed by atoms with Crippen molar-refractivity contribution in [1.82, 2.24) is 10.2 Å². The van der Waals surface area contributed by atoms with E-state index < -0.39 is 0 Å².